The second-order valence-electron chi connectivity index (χ2n) is 5.61. The maximum atomic E-state index is 6.01. The van der Waals surface area contributed by atoms with E-state index in [9.17, 15) is 0 Å². The number of piperazine rings is 1. The number of likely N-dealkylation sites (N-methyl/N-ethyl adjacent to an activating group) is 1. The van der Waals surface area contributed by atoms with Gasteiger partial charge in [-0.05, 0) is 32.4 Å². The third kappa shape index (κ3) is 2.79. The summed E-state index contributed by atoms with van der Waals surface area (Å²) in [6.07, 6.45) is 1.89. The Kier molecular flexibility index (Phi) is 4.94. The minimum atomic E-state index is 0.534. The molecule has 1 saturated heterocycles. The van der Waals surface area contributed by atoms with Gasteiger partial charge in [0, 0.05) is 37.8 Å². The first-order chi connectivity index (χ1) is 9.62. The van der Waals surface area contributed by atoms with E-state index in [1.807, 2.05) is 0 Å². The molecule has 0 bridgehead atoms. The van der Waals surface area contributed by atoms with Crippen molar-refractivity contribution in [2.24, 2.45) is 5.73 Å². The molecule has 2 heterocycles. The van der Waals surface area contributed by atoms with Crippen molar-refractivity contribution in [3.05, 3.63) is 16.8 Å². The van der Waals surface area contributed by atoms with Gasteiger partial charge in [-0.25, -0.2) is 0 Å². The Morgan fingerprint density at radius 3 is 2.45 bits per heavy atom. The molecule has 0 aromatic carbocycles. The fourth-order valence-corrected chi connectivity index (χ4v) is 2.95. The second-order valence-corrected chi connectivity index (χ2v) is 5.61. The highest BCUT2D eigenvalue weighted by atomic mass is 15.3. The Hall–Kier alpha value is -1.20. The van der Waals surface area contributed by atoms with E-state index in [2.05, 4.69) is 47.8 Å². The van der Waals surface area contributed by atoms with E-state index in [0.717, 1.165) is 44.0 Å². The Morgan fingerprint density at radius 1 is 1.15 bits per heavy atom. The first-order valence-electron chi connectivity index (χ1n) is 7.64. The molecule has 0 spiro atoms. The fourth-order valence-electron chi connectivity index (χ4n) is 2.95. The molecule has 0 amide bonds. The van der Waals surface area contributed by atoms with Crippen LogP contribution in [0.25, 0.3) is 0 Å². The van der Waals surface area contributed by atoms with Gasteiger partial charge in [0.05, 0.1) is 5.69 Å². The van der Waals surface area contributed by atoms with Crippen LogP contribution in [0.1, 0.15) is 37.6 Å². The SMILES string of the molecule is CCc1nnc(N2CCN(C)C(C)C2)c(CN)c1CC. The van der Waals surface area contributed by atoms with Crippen LogP contribution >= 0.6 is 0 Å². The minimum Gasteiger partial charge on any atom is -0.352 e. The molecule has 5 nitrogen and oxygen atoms in total. The van der Waals surface area contributed by atoms with Crippen LogP contribution in [0.4, 0.5) is 5.82 Å². The molecule has 1 aromatic rings. The third-order valence-electron chi connectivity index (χ3n) is 4.40. The molecular weight excluding hydrogens is 250 g/mol. The van der Waals surface area contributed by atoms with Crippen molar-refractivity contribution < 1.29 is 0 Å². The van der Waals surface area contributed by atoms with Crippen LogP contribution in [0, 0.1) is 0 Å². The number of anilines is 1. The molecule has 1 aromatic heterocycles. The molecule has 0 aliphatic carbocycles. The fraction of sp³-hybridized carbons (Fsp3) is 0.733. The van der Waals surface area contributed by atoms with Crippen LogP contribution in [0.15, 0.2) is 0 Å². The Bertz CT molecular complexity index is 460. The standard InChI is InChI=1S/C15H27N5/c1-5-12-13(9-16)15(18-17-14(12)6-2)20-8-7-19(4)11(3)10-20/h11H,5-10,16H2,1-4H3. The number of aromatic nitrogens is 2. The number of nitrogens with zero attached hydrogens (tertiary/aromatic N) is 4. The molecule has 2 N–H and O–H groups in total. The van der Waals surface area contributed by atoms with Crippen molar-refractivity contribution in [2.45, 2.75) is 46.2 Å². The summed E-state index contributed by atoms with van der Waals surface area (Å²) in [5, 5.41) is 8.92. The van der Waals surface area contributed by atoms with Crippen molar-refractivity contribution in [3.8, 4) is 0 Å². The van der Waals surface area contributed by atoms with E-state index < -0.39 is 0 Å². The summed E-state index contributed by atoms with van der Waals surface area (Å²) in [5.74, 6) is 1.00. The zero-order valence-corrected chi connectivity index (χ0v) is 13.2. The quantitative estimate of drug-likeness (QED) is 0.896. The number of nitrogens with two attached hydrogens (primary N) is 1. The van der Waals surface area contributed by atoms with Crippen molar-refractivity contribution in [1.82, 2.24) is 15.1 Å². The van der Waals surface area contributed by atoms with Crippen LogP contribution in [0.5, 0.6) is 0 Å². The second kappa shape index (κ2) is 6.50. The predicted octanol–water partition coefficient (Wildman–Crippen LogP) is 1.20. The molecule has 1 aliphatic rings. The first-order valence-corrected chi connectivity index (χ1v) is 7.64. The molecule has 0 saturated carbocycles. The highest BCUT2D eigenvalue weighted by Crippen LogP contribution is 2.25. The first kappa shape index (κ1) is 15.2. The van der Waals surface area contributed by atoms with Crippen LogP contribution in [0.3, 0.4) is 0 Å². The van der Waals surface area contributed by atoms with E-state index in [4.69, 9.17) is 5.73 Å². The lowest BCUT2D eigenvalue weighted by Crippen LogP contribution is -2.50. The highest BCUT2D eigenvalue weighted by molar-refractivity contribution is 5.52. The molecule has 5 heteroatoms. The van der Waals surface area contributed by atoms with E-state index in [1.165, 1.54) is 11.1 Å². The van der Waals surface area contributed by atoms with Gasteiger partial charge < -0.3 is 15.5 Å². The molecule has 1 unspecified atom stereocenters. The Labute approximate surface area is 122 Å². The third-order valence-corrected chi connectivity index (χ3v) is 4.40. The summed E-state index contributed by atoms with van der Waals surface area (Å²) in [4.78, 5) is 4.73. The Morgan fingerprint density at radius 2 is 1.90 bits per heavy atom. The zero-order chi connectivity index (χ0) is 14.7. The van der Waals surface area contributed by atoms with Gasteiger partial charge >= 0.3 is 0 Å². The molecular formula is C15H27N5. The van der Waals surface area contributed by atoms with Gasteiger partial charge in [-0.1, -0.05) is 13.8 Å². The minimum absolute atomic E-state index is 0.534. The predicted molar refractivity (Wildman–Crippen MR) is 83.0 cm³/mol. The van der Waals surface area contributed by atoms with E-state index in [-0.39, 0.29) is 0 Å². The molecule has 1 atom stereocenters. The van der Waals surface area contributed by atoms with Crippen molar-refractivity contribution in [2.75, 3.05) is 31.6 Å². The molecule has 112 valence electrons. The molecule has 0 radical (unpaired) electrons. The van der Waals surface area contributed by atoms with Crippen LogP contribution in [0.2, 0.25) is 0 Å². The number of hydrogen-bond acceptors (Lipinski definition) is 5. The Balaban J connectivity index is 2.36. The highest BCUT2D eigenvalue weighted by Gasteiger charge is 2.25. The van der Waals surface area contributed by atoms with E-state index in [1.54, 1.807) is 0 Å². The van der Waals surface area contributed by atoms with E-state index >= 15 is 0 Å². The van der Waals surface area contributed by atoms with Gasteiger partial charge in [0.25, 0.3) is 0 Å². The van der Waals surface area contributed by atoms with Crippen molar-refractivity contribution >= 4 is 5.82 Å². The summed E-state index contributed by atoms with van der Waals surface area (Å²) >= 11 is 0. The lowest BCUT2D eigenvalue weighted by atomic mass is 10.0. The van der Waals surface area contributed by atoms with Gasteiger partial charge in [-0.3, -0.25) is 0 Å². The maximum absolute atomic E-state index is 6.01. The van der Waals surface area contributed by atoms with Gasteiger partial charge in [0.2, 0.25) is 0 Å². The van der Waals surface area contributed by atoms with E-state index in [0.29, 0.717) is 12.6 Å². The zero-order valence-electron chi connectivity index (χ0n) is 13.2. The van der Waals surface area contributed by atoms with Crippen LogP contribution in [-0.2, 0) is 19.4 Å². The number of rotatable bonds is 4. The molecule has 1 fully saturated rings. The summed E-state index contributed by atoms with van der Waals surface area (Å²) < 4.78 is 0. The average molecular weight is 277 g/mol. The monoisotopic (exact) mass is 277 g/mol. The van der Waals surface area contributed by atoms with Gasteiger partial charge in [0.15, 0.2) is 5.82 Å². The van der Waals surface area contributed by atoms with Gasteiger partial charge in [-0.15, -0.1) is 5.10 Å². The average Bonchev–Trinajstić information content (AvgIpc) is 2.48. The topological polar surface area (TPSA) is 58.3 Å². The molecule has 2 rings (SSSR count). The van der Waals surface area contributed by atoms with Crippen molar-refractivity contribution in [3.63, 3.8) is 0 Å². The van der Waals surface area contributed by atoms with Crippen molar-refractivity contribution in [1.29, 1.82) is 0 Å². The maximum Gasteiger partial charge on any atom is 0.156 e. The lowest BCUT2D eigenvalue weighted by Gasteiger charge is -2.39. The summed E-state index contributed by atoms with van der Waals surface area (Å²) in [6.45, 7) is 10.1. The smallest absolute Gasteiger partial charge is 0.156 e. The van der Waals surface area contributed by atoms with Gasteiger partial charge in [0.1, 0.15) is 0 Å². The number of hydrogen-bond donors (Lipinski definition) is 1. The van der Waals surface area contributed by atoms with Crippen LogP contribution in [-0.4, -0.2) is 47.8 Å². The molecule has 1 aliphatic heterocycles. The largest absolute Gasteiger partial charge is 0.352 e. The summed E-state index contributed by atoms with van der Waals surface area (Å²) in [5.41, 5.74) is 9.60. The summed E-state index contributed by atoms with van der Waals surface area (Å²) in [6, 6.07) is 0.534. The summed E-state index contributed by atoms with van der Waals surface area (Å²) in [7, 11) is 2.18. The lowest BCUT2D eigenvalue weighted by molar-refractivity contribution is 0.233. The van der Waals surface area contributed by atoms with Crippen LogP contribution < -0.4 is 10.6 Å². The normalized spacial score (nSPS) is 20.4. The molecule has 20 heavy (non-hydrogen) atoms. The van der Waals surface area contributed by atoms with Gasteiger partial charge in [-0.2, -0.15) is 5.10 Å². The number of aryl methyl sites for hydroxylation is 1.